The molecule has 0 amide bonds. The molecular weight excluding hydrogens is 595 g/mol. The van der Waals surface area contributed by atoms with Crippen LogP contribution in [0, 0.1) is 0 Å². The van der Waals surface area contributed by atoms with E-state index in [-0.39, 0.29) is 0 Å². The van der Waals surface area contributed by atoms with Crippen molar-refractivity contribution in [2.45, 2.75) is 251 Å². The lowest BCUT2D eigenvalue weighted by Gasteiger charge is -2.11. The van der Waals surface area contributed by atoms with Gasteiger partial charge in [0.25, 0.3) is 0 Å². The second-order valence-electron chi connectivity index (χ2n) is 14.7. The van der Waals surface area contributed by atoms with Crippen LogP contribution in [0.5, 0.6) is 0 Å². The Labute approximate surface area is 302 Å². The molecule has 0 unspecified atom stereocenters. The Kier molecular flexibility index (Phi) is 38.9. The summed E-state index contributed by atoms with van der Waals surface area (Å²) in [6, 6.07) is 0. The minimum absolute atomic E-state index is 0.799. The number of thiocarbonyl (C=S) groups is 2. The molecule has 0 aromatic rings. The molecule has 0 atom stereocenters. The molecule has 0 aliphatic heterocycles. The lowest BCUT2D eigenvalue weighted by Crippen LogP contribution is -2.27. The van der Waals surface area contributed by atoms with Crippen LogP contribution in [-0.2, 0) is 0 Å². The number of rotatable bonds is 38. The van der Waals surface area contributed by atoms with Gasteiger partial charge >= 0.3 is 0 Å². The quantitative estimate of drug-likeness (QED) is 0.0397. The molecule has 0 spiro atoms. The summed E-state index contributed by atoms with van der Waals surface area (Å²) in [6.45, 7) is 8.89. The van der Waals surface area contributed by atoms with E-state index in [4.69, 9.17) is 24.4 Å². The van der Waals surface area contributed by atoms with Crippen molar-refractivity contribution in [3.8, 4) is 0 Å². The molecule has 3 heteroatoms. The van der Waals surface area contributed by atoms with E-state index >= 15 is 0 Å². The Morgan fingerprint density at radius 1 is 0.348 bits per heavy atom. The van der Waals surface area contributed by atoms with Gasteiger partial charge in [-0.1, -0.05) is 256 Å². The largest absolute Gasteiger partial charge is 0.344 e. The predicted octanol–water partition coefficient (Wildman–Crippen LogP) is 16.3. The van der Waals surface area contributed by atoms with Gasteiger partial charge in [0.1, 0.15) is 0 Å². The van der Waals surface area contributed by atoms with Gasteiger partial charge in [0, 0.05) is 6.42 Å². The first-order valence-electron chi connectivity index (χ1n) is 21.1. The second-order valence-corrected chi connectivity index (χ2v) is 15.7. The third-order valence-electron chi connectivity index (χ3n) is 9.83. The maximum absolute atomic E-state index is 5.59. The molecule has 0 saturated heterocycles. The van der Waals surface area contributed by atoms with Crippen LogP contribution in [0.1, 0.15) is 251 Å². The minimum atomic E-state index is 0.799. The van der Waals surface area contributed by atoms with Crippen molar-refractivity contribution in [3.05, 3.63) is 12.2 Å². The zero-order valence-corrected chi connectivity index (χ0v) is 33.3. The van der Waals surface area contributed by atoms with Gasteiger partial charge in [-0.05, 0) is 25.7 Å². The molecular formula is C43H83NS2. The fourth-order valence-corrected chi connectivity index (χ4v) is 7.35. The first-order chi connectivity index (χ1) is 22.6. The highest BCUT2D eigenvalue weighted by Gasteiger charge is 2.04. The Morgan fingerprint density at radius 2 is 0.587 bits per heavy atom. The third kappa shape index (κ3) is 38.2. The van der Waals surface area contributed by atoms with Crippen molar-refractivity contribution in [1.82, 2.24) is 5.32 Å². The average molecular weight is 678 g/mol. The lowest BCUT2D eigenvalue weighted by molar-refractivity contribution is 0.526. The van der Waals surface area contributed by atoms with E-state index in [0.29, 0.717) is 0 Å². The summed E-state index contributed by atoms with van der Waals surface area (Å²) in [4.78, 5) is 1.80. The third-order valence-corrected chi connectivity index (χ3v) is 10.4. The van der Waals surface area contributed by atoms with Crippen LogP contribution < -0.4 is 5.32 Å². The van der Waals surface area contributed by atoms with Crippen molar-refractivity contribution in [1.29, 1.82) is 0 Å². The van der Waals surface area contributed by atoms with Crippen LogP contribution in [0.25, 0.3) is 0 Å². The van der Waals surface area contributed by atoms with Crippen molar-refractivity contribution >= 4 is 34.4 Å². The molecule has 0 aromatic carbocycles. The van der Waals surface area contributed by atoms with E-state index in [1.54, 1.807) is 0 Å². The van der Waals surface area contributed by atoms with Crippen molar-refractivity contribution in [2.75, 3.05) is 0 Å². The lowest BCUT2D eigenvalue weighted by atomic mass is 10.0. The van der Waals surface area contributed by atoms with E-state index in [9.17, 15) is 0 Å². The monoisotopic (exact) mass is 678 g/mol. The van der Waals surface area contributed by atoms with E-state index in [1.165, 1.54) is 224 Å². The zero-order chi connectivity index (χ0) is 33.6. The molecule has 46 heavy (non-hydrogen) atoms. The molecule has 0 heterocycles. The van der Waals surface area contributed by atoms with Crippen molar-refractivity contribution in [3.63, 3.8) is 0 Å². The highest BCUT2D eigenvalue weighted by molar-refractivity contribution is 7.81. The van der Waals surface area contributed by atoms with Crippen molar-refractivity contribution < 1.29 is 0 Å². The van der Waals surface area contributed by atoms with Crippen LogP contribution >= 0.6 is 24.4 Å². The molecule has 0 rings (SSSR count). The summed E-state index contributed by atoms with van der Waals surface area (Å²) in [5.41, 5.74) is 1.26. The van der Waals surface area contributed by atoms with E-state index < -0.39 is 0 Å². The summed E-state index contributed by atoms with van der Waals surface area (Å²) in [6.07, 6.45) is 50.9. The molecule has 0 aromatic heterocycles. The molecule has 0 aliphatic carbocycles. The van der Waals surface area contributed by atoms with Crippen molar-refractivity contribution in [2.24, 2.45) is 0 Å². The molecule has 272 valence electrons. The van der Waals surface area contributed by atoms with E-state index in [2.05, 4.69) is 25.7 Å². The summed E-state index contributed by atoms with van der Waals surface area (Å²) in [5, 5.41) is 3.33. The molecule has 0 radical (unpaired) electrons. The highest BCUT2D eigenvalue weighted by Crippen LogP contribution is 2.17. The van der Waals surface area contributed by atoms with Crippen LogP contribution in [0.15, 0.2) is 12.2 Å². The Hall–Kier alpha value is -0.280. The Bertz CT molecular complexity index is 657. The fraction of sp³-hybridized carbons (Fsp3) is 0.907. The number of unbranched alkanes of at least 4 members (excludes halogenated alkanes) is 32. The minimum Gasteiger partial charge on any atom is -0.344 e. The number of nitrogens with one attached hydrogen (secondary N) is 1. The maximum atomic E-state index is 5.59. The van der Waals surface area contributed by atoms with Crippen LogP contribution in [-0.4, -0.2) is 9.98 Å². The Balaban J connectivity index is 3.37. The SMILES string of the molecule is C=C(CCCCCCCCCCCCCCCCCC)CC(=S)NC(=S)CCCCCCCCCCCCCCCCCCCC. The average Bonchev–Trinajstić information content (AvgIpc) is 3.03. The maximum Gasteiger partial charge on any atom is 0.0841 e. The van der Waals surface area contributed by atoms with Crippen LogP contribution in [0.4, 0.5) is 0 Å². The number of hydrogen-bond donors (Lipinski definition) is 1. The van der Waals surface area contributed by atoms with Gasteiger partial charge in [0.2, 0.25) is 0 Å². The van der Waals surface area contributed by atoms with Crippen LogP contribution in [0.3, 0.4) is 0 Å². The molecule has 1 nitrogen and oxygen atoms in total. The van der Waals surface area contributed by atoms with E-state index in [0.717, 1.165) is 29.2 Å². The predicted molar refractivity (Wildman–Crippen MR) is 220 cm³/mol. The fourth-order valence-electron chi connectivity index (χ4n) is 6.69. The first-order valence-corrected chi connectivity index (χ1v) is 21.9. The van der Waals surface area contributed by atoms with Gasteiger partial charge in [0.15, 0.2) is 0 Å². The molecule has 0 fully saturated rings. The normalized spacial score (nSPS) is 11.3. The first kappa shape index (κ1) is 45.7. The zero-order valence-electron chi connectivity index (χ0n) is 31.7. The molecule has 0 bridgehead atoms. The van der Waals surface area contributed by atoms with Gasteiger partial charge in [-0.15, -0.1) is 0 Å². The Morgan fingerprint density at radius 3 is 0.870 bits per heavy atom. The number of hydrogen-bond acceptors (Lipinski definition) is 2. The highest BCUT2D eigenvalue weighted by atomic mass is 32.1. The topological polar surface area (TPSA) is 12.0 Å². The van der Waals surface area contributed by atoms with Gasteiger partial charge < -0.3 is 5.32 Å². The van der Waals surface area contributed by atoms with E-state index in [1.807, 2.05) is 0 Å². The van der Waals surface area contributed by atoms with Gasteiger partial charge in [-0.3, -0.25) is 0 Å². The summed E-state index contributed by atoms with van der Waals surface area (Å²) >= 11 is 11.2. The van der Waals surface area contributed by atoms with Crippen LogP contribution in [0.2, 0.25) is 0 Å². The molecule has 0 aliphatic rings. The smallest absolute Gasteiger partial charge is 0.0841 e. The standard InChI is InChI=1S/C43H83NS2/c1-4-6-8-10-12-14-16-18-20-22-23-25-27-29-31-33-35-37-39-42(45)44-43(46)40-41(3)38-36-34-32-30-28-26-24-21-19-17-15-13-11-9-7-5-2/h3-40H2,1-2H3,(H,44,45,46). The summed E-state index contributed by atoms with van der Waals surface area (Å²) in [5.74, 6) is 0. The molecule has 1 N–H and O–H groups in total. The summed E-state index contributed by atoms with van der Waals surface area (Å²) in [7, 11) is 0. The van der Waals surface area contributed by atoms with Gasteiger partial charge in [-0.25, -0.2) is 0 Å². The molecule has 0 saturated carbocycles. The summed E-state index contributed by atoms with van der Waals surface area (Å²) < 4.78 is 0. The second kappa shape index (κ2) is 39.2. The van der Waals surface area contributed by atoms with Gasteiger partial charge in [-0.2, -0.15) is 0 Å². The van der Waals surface area contributed by atoms with Gasteiger partial charge in [0.05, 0.1) is 9.98 Å².